The summed E-state index contributed by atoms with van der Waals surface area (Å²) in [4.78, 5) is 41.3. The van der Waals surface area contributed by atoms with Crippen LogP contribution in [0.15, 0.2) is 30.3 Å². The second kappa shape index (κ2) is 9.16. The topological polar surface area (TPSA) is 91.5 Å². The lowest BCUT2D eigenvalue weighted by Gasteiger charge is -2.34. The number of carbonyl (C=O) groups excluding carboxylic acids is 3. The van der Waals surface area contributed by atoms with E-state index in [0.29, 0.717) is 19.5 Å². The molecule has 0 unspecified atom stereocenters. The van der Waals surface area contributed by atoms with Crippen LogP contribution in [-0.2, 0) is 30.3 Å². The normalized spacial score (nSPS) is 23.0. The van der Waals surface area contributed by atoms with Gasteiger partial charge in [0.15, 0.2) is 12.2 Å². The molecule has 3 atom stereocenters. The maximum atomic E-state index is 13.1. The molecule has 0 aliphatic carbocycles. The molecule has 2 amide bonds. The van der Waals surface area contributed by atoms with Crippen molar-refractivity contribution in [2.75, 3.05) is 39.8 Å². The quantitative estimate of drug-likeness (QED) is 0.514. The van der Waals surface area contributed by atoms with Gasteiger partial charge in [0.1, 0.15) is 6.04 Å². The van der Waals surface area contributed by atoms with E-state index >= 15 is 0 Å². The highest BCUT2D eigenvalue weighted by molar-refractivity contribution is 5.95. The highest BCUT2D eigenvalue weighted by Crippen LogP contribution is 2.24. The number of ether oxygens (including phenoxy) is 2. The monoisotopic (exact) mass is 389 g/mol. The Balaban J connectivity index is 1.65. The molecule has 0 aromatic heterocycles. The fraction of sp³-hybridized carbons (Fsp3) is 0.550. The van der Waals surface area contributed by atoms with Crippen LogP contribution in [0.5, 0.6) is 0 Å². The standard InChI is InChI=1S/C20H27N3O5/c1-3-27-20(26)17-16(28-17)18(24)21-15(13-14-7-5-4-6-8-14)19(25)23-11-9-22(2)10-12-23/h4-8,15-17H,3,9-13H2,1-2H3,(H,21,24)/t15-,16-,17-/m0/s1. The first-order valence-corrected chi connectivity index (χ1v) is 9.63. The van der Waals surface area contributed by atoms with Gasteiger partial charge < -0.3 is 24.6 Å². The lowest BCUT2D eigenvalue weighted by molar-refractivity contribution is -0.144. The van der Waals surface area contributed by atoms with Crippen LogP contribution in [0.2, 0.25) is 0 Å². The van der Waals surface area contributed by atoms with Crippen molar-refractivity contribution in [3.63, 3.8) is 0 Å². The summed E-state index contributed by atoms with van der Waals surface area (Å²) < 4.78 is 10.0. The first-order valence-electron chi connectivity index (χ1n) is 9.63. The molecular weight excluding hydrogens is 362 g/mol. The van der Waals surface area contributed by atoms with Crippen molar-refractivity contribution < 1.29 is 23.9 Å². The maximum absolute atomic E-state index is 13.1. The van der Waals surface area contributed by atoms with E-state index in [4.69, 9.17) is 9.47 Å². The number of piperazine rings is 1. The third kappa shape index (κ3) is 5.08. The Hall–Kier alpha value is -2.45. The molecule has 2 aliphatic rings. The second-order valence-corrected chi connectivity index (χ2v) is 7.11. The van der Waals surface area contributed by atoms with Crippen molar-refractivity contribution in [2.24, 2.45) is 0 Å². The van der Waals surface area contributed by atoms with Gasteiger partial charge in [0.05, 0.1) is 6.61 Å². The minimum atomic E-state index is -0.891. The zero-order valence-electron chi connectivity index (χ0n) is 16.3. The Bertz CT molecular complexity index is 703. The Morgan fingerprint density at radius 2 is 1.82 bits per heavy atom. The second-order valence-electron chi connectivity index (χ2n) is 7.11. The summed E-state index contributed by atoms with van der Waals surface area (Å²) in [5.74, 6) is -1.12. The first-order chi connectivity index (χ1) is 13.5. The average molecular weight is 389 g/mol. The number of epoxide rings is 1. The SMILES string of the molecule is CCOC(=O)[C@H]1O[C@@H]1C(=O)N[C@@H](Cc1ccccc1)C(=O)N1CCN(C)CC1. The fourth-order valence-electron chi connectivity index (χ4n) is 3.27. The van der Waals surface area contributed by atoms with Gasteiger partial charge in [-0.1, -0.05) is 30.3 Å². The van der Waals surface area contributed by atoms with E-state index in [0.717, 1.165) is 18.7 Å². The van der Waals surface area contributed by atoms with Crippen LogP contribution in [0.1, 0.15) is 12.5 Å². The number of hydrogen-bond donors (Lipinski definition) is 1. The van der Waals surface area contributed by atoms with E-state index in [1.54, 1.807) is 11.8 Å². The van der Waals surface area contributed by atoms with Crippen LogP contribution in [-0.4, -0.2) is 85.7 Å². The van der Waals surface area contributed by atoms with Crippen LogP contribution >= 0.6 is 0 Å². The van der Waals surface area contributed by atoms with Crippen molar-refractivity contribution in [3.8, 4) is 0 Å². The maximum Gasteiger partial charge on any atom is 0.338 e. The molecule has 0 bridgehead atoms. The minimum absolute atomic E-state index is 0.112. The van der Waals surface area contributed by atoms with Crippen molar-refractivity contribution in [3.05, 3.63) is 35.9 Å². The Morgan fingerprint density at radius 3 is 2.46 bits per heavy atom. The molecule has 2 fully saturated rings. The number of hydrogen-bond acceptors (Lipinski definition) is 6. The lowest BCUT2D eigenvalue weighted by atomic mass is 10.0. The van der Waals surface area contributed by atoms with Gasteiger partial charge in [-0.25, -0.2) is 4.79 Å². The Kier molecular flexibility index (Phi) is 6.64. The van der Waals surface area contributed by atoms with Crippen LogP contribution in [0.4, 0.5) is 0 Å². The highest BCUT2D eigenvalue weighted by atomic mass is 16.6. The number of benzene rings is 1. The van der Waals surface area contributed by atoms with E-state index in [-0.39, 0.29) is 12.5 Å². The Labute approximate surface area is 164 Å². The Morgan fingerprint density at radius 1 is 1.14 bits per heavy atom. The van der Waals surface area contributed by atoms with Gasteiger partial charge in [0, 0.05) is 32.6 Å². The molecule has 0 radical (unpaired) electrons. The molecule has 28 heavy (non-hydrogen) atoms. The summed E-state index contributed by atoms with van der Waals surface area (Å²) in [6, 6.07) is 8.84. The van der Waals surface area contributed by atoms with Gasteiger partial charge >= 0.3 is 5.97 Å². The third-order valence-corrected chi connectivity index (χ3v) is 4.98. The van der Waals surface area contributed by atoms with Crippen molar-refractivity contribution in [1.29, 1.82) is 0 Å². The largest absolute Gasteiger partial charge is 0.464 e. The third-order valence-electron chi connectivity index (χ3n) is 4.98. The molecule has 2 aliphatic heterocycles. The van der Waals surface area contributed by atoms with E-state index in [2.05, 4.69) is 10.2 Å². The average Bonchev–Trinajstić information content (AvgIpc) is 3.50. The molecule has 3 rings (SSSR count). The molecule has 152 valence electrons. The summed E-state index contributed by atoms with van der Waals surface area (Å²) in [7, 11) is 2.02. The van der Waals surface area contributed by atoms with Gasteiger partial charge in [-0.05, 0) is 19.5 Å². The van der Waals surface area contributed by atoms with Crippen LogP contribution < -0.4 is 5.32 Å². The molecular formula is C20H27N3O5. The molecule has 8 nitrogen and oxygen atoms in total. The van der Waals surface area contributed by atoms with Crippen molar-refractivity contribution in [1.82, 2.24) is 15.1 Å². The molecule has 1 aromatic rings. The molecule has 1 aromatic carbocycles. The molecule has 0 saturated carbocycles. The van der Waals surface area contributed by atoms with Crippen molar-refractivity contribution in [2.45, 2.75) is 31.6 Å². The highest BCUT2D eigenvalue weighted by Gasteiger charge is 2.52. The molecule has 0 spiro atoms. The van der Waals surface area contributed by atoms with E-state index in [9.17, 15) is 14.4 Å². The van der Waals surface area contributed by atoms with Gasteiger partial charge in [-0.3, -0.25) is 9.59 Å². The number of amides is 2. The predicted octanol–water partition coefficient (Wildman–Crippen LogP) is -0.182. The van der Waals surface area contributed by atoms with E-state index < -0.39 is 30.1 Å². The number of rotatable bonds is 7. The van der Waals surface area contributed by atoms with Gasteiger partial charge in [-0.15, -0.1) is 0 Å². The summed E-state index contributed by atoms with van der Waals surface area (Å²) in [5.41, 5.74) is 0.953. The first kappa shape index (κ1) is 20.3. The smallest absolute Gasteiger partial charge is 0.338 e. The zero-order chi connectivity index (χ0) is 20.1. The summed E-state index contributed by atoms with van der Waals surface area (Å²) in [6.45, 7) is 4.78. The van der Waals surface area contributed by atoms with Crippen LogP contribution in [0.3, 0.4) is 0 Å². The summed E-state index contributed by atoms with van der Waals surface area (Å²) in [5, 5.41) is 2.79. The van der Waals surface area contributed by atoms with Crippen LogP contribution in [0, 0.1) is 0 Å². The zero-order valence-corrected chi connectivity index (χ0v) is 16.3. The number of esters is 1. The van der Waals surface area contributed by atoms with Crippen LogP contribution in [0.25, 0.3) is 0 Å². The van der Waals surface area contributed by atoms with E-state index in [1.165, 1.54) is 0 Å². The molecule has 2 heterocycles. The minimum Gasteiger partial charge on any atom is -0.464 e. The fourth-order valence-corrected chi connectivity index (χ4v) is 3.27. The lowest BCUT2D eigenvalue weighted by Crippen LogP contribution is -2.55. The predicted molar refractivity (Wildman–Crippen MR) is 101 cm³/mol. The number of carbonyl (C=O) groups is 3. The number of likely N-dealkylation sites (N-methyl/N-ethyl adjacent to an activating group) is 1. The summed E-state index contributed by atoms with van der Waals surface area (Å²) >= 11 is 0. The molecule has 1 N–H and O–H groups in total. The van der Waals surface area contributed by atoms with Gasteiger partial charge in [-0.2, -0.15) is 0 Å². The number of nitrogens with zero attached hydrogens (tertiary/aromatic N) is 2. The van der Waals surface area contributed by atoms with Gasteiger partial charge in [0.2, 0.25) is 5.91 Å². The number of nitrogens with one attached hydrogen (secondary N) is 1. The van der Waals surface area contributed by atoms with Gasteiger partial charge in [0.25, 0.3) is 5.91 Å². The molecule has 8 heteroatoms. The summed E-state index contributed by atoms with van der Waals surface area (Å²) in [6.07, 6.45) is -1.39. The molecule has 2 saturated heterocycles. The van der Waals surface area contributed by atoms with Crippen molar-refractivity contribution >= 4 is 17.8 Å². The van der Waals surface area contributed by atoms with E-state index in [1.807, 2.05) is 37.4 Å².